The molecule has 1 nitrogen and oxygen atoms in total. The van der Waals surface area contributed by atoms with Crippen molar-refractivity contribution < 1.29 is 0 Å². The molecule has 1 unspecified atom stereocenters. The van der Waals surface area contributed by atoms with Crippen molar-refractivity contribution in [3.8, 4) is 0 Å². The van der Waals surface area contributed by atoms with Crippen LogP contribution in [0.2, 0.25) is 0 Å². The Morgan fingerprint density at radius 1 is 1.47 bits per heavy atom. The van der Waals surface area contributed by atoms with Gasteiger partial charge in [0.1, 0.15) is 0 Å². The minimum Gasteiger partial charge on any atom is -0.310 e. The van der Waals surface area contributed by atoms with E-state index in [0.29, 0.717) is 6.04 Å². The summed E-state index contributed by atoms with van der Waals surface area (Å²) in [7, 11) is 0. The van der Waals surface area contributed by atoms with Crippen molar-refractivity contribution in [3.05, 3.63) is 40.9 Å². The molecule has 0 aliphatic rings. The van der Waals surface area contributed by atoms with Crippen LogP contribution in [-0.2, 0) is 0 Å². The van der Waals surface area contributed by atoms with E-state index in [0.717, 1.165) is 18.7 Å². The standard InChI is InChI=1S/C14H20BrNS/c1-4-9-16-13(11(2)3)10-17-14-8-6-5-7-12(14)15/h5-8,13,16H,2,4,9-10H2,1,3H3. The van der Waals surface area contributed by atoms with Gasteiger partial charge in [-0.3, -0.25) is 0 Å². The van der Waals surface area contributed by atoms with E-state index in [2.05, 4.69) is 59.9 Å². The summed E-state index contributed by atoms with van der Waals surface area (Å²) >= 11 is 5.44. The quantitative estimate of drug-likeness (QED) is 0.588. The van der Waals surface area contributed by atoms with Gasteiger partial charge in [-0.1, -0.05) is 31.2 Å². The molecule has 1 aromatic rings. The van der Waals surface area contributed by atoms with E-state index in [1.165, 1.54) is 14.9 Å². The number of thioether (sulfide) groups is 1. The Labute approximate surface area is 117 Å². The van der Waals surface area contributed by atoms with Gasteiger partial charge in [0.2, 0.25) is 0 Å². The third kappa shape index (κ3) is 5.28. The number of hydrogen-bond donors (Lipinski definition) is 1. The van der Waals surface area contributed by atoms with Gasteiger partial charge in [0, 0.05) is 21.2 Å². The molecule has 1 atom stereocenters. The molecular weight excluding hydrogens is 294 g/mol. The maximum Gasteiger partial charge on any atom is 0.0369 e. The van der Waals surface area contributed by atoms with E-state index in [1.807, 2.05) is 17.8 Å². The number of benzene rings is 1. The van der Waals surface area contributed by atoms with E-state index in [-0.39, 0.29) is 0 Å². The second kappa shape index (κ2) is 7.96. The van der Waals surface area contributed by atoms with Crippen molar-refractivity contribution in [1.82, 2.24) is 5.32 Å². The maximum absolute atomic E-state index is 4.06. The summed E-state index contributed by atoms with van der Waals surface area (Å²) < 4.78 is 1.17. The average molecular weight is 314 g/mol. The SMILES string of the molecule is C=C(C)C(CSc1ccccc1Br)NCCC. The second-order valence-electron chi connectivity index (χ2n) is 4.09. The highest BCUT2D eigenvalue weighted by Crippen LogP contribution is 2.28. The Morgan fingerprint density at radius 2 is 2.18 bits per heavy atom. The number of halogens is 1. The molecule has 1 aromatic carbocycles. The van der Waals surface area contributed by atoms with E-state index in [4.69, 9.17) is 0 Å². The summed E-state index contributed by atoms with van der Waals surface area (Å²) in [4.78, 5) is 1.29. The summed E-state index contributed by atoms with van der Waals surface area (Å²) in [6.45, 7) is 9.38. The van der Waals surface area contributed by atoms with Gasteiger partial charge in [-0.15, -0.1) is 11.8 Å². The van der Waals surface area contributed by atoms with Gasteiger partial charge in [0.15, 0.2) is 0 Å². The van der Waals surface area contributed by atoms with Crippen molar-refractivity contribution in [2.75, 3.05) is 12.3 Å². The molecule has 0 amide bonds. The largest absolute Gasteiger partial charge is 0.310 e. The lowest BCUT2D eigenvalue weighted by Gasteiger charge is -2.18. The van der Waals surface area contributed by atoms with Crippen LogP contribution in [-0.4, -0.2) is 18.3 Å². The molecule has 0 aliphatic heterocycles. The van der Waals surface area contributed by atoms with Gasteiger partial charge in [0.05, 0.1) is 0 Å². The molecule has 17 heavy (non-hydrogen) atoms. The normalized spacial score (nSPS) is 12.4. The molecule has 0 fully saturated rings. The fourth-order valence-electron chi connectivity index (χ4n) is 1.43. The molecule has 0 aromatic heterocycles. The zero-order valence-electron chi connectivity index (χ0n) is 10.5. The summed E-state index contributed by atoms with van der Waals surface area (Å²) in [5.74, 6) is 1.03. The maximum atomic E-state index is 4.06. The Morgan fingerprint density at radius 3 is 2.76 bits per heavy atom. The van der Waals surface area contributed by atoms with E-state index in [9.17, 15) is 0 Å². The molecule has 94 valence electrons. The Bertz CT molecular complexity index is 365. The fraction of sp³-hybridized carbons (Fsp3) is 0.429. The van der Waals surface area contributed by atoms with Crippen molar-refractivity contribution in [1.29, 1.82) is 0 Å². The molecule has 3 heteroatoms. The average Bonchev–Trinajstić information content (AvgIpc) is 2.31. The lowest BCUT2D eigenvalue weighted by Crippen LogP contribution is -2.32. The van der Waals surface area contributed by atoms with E-state index >= 15 is 0 Å². The van der Waals surface area contributed by atoms with Crippen molar-refractivity contribution in [2.24, 2.45) is 0 Å². The predicted octanol–water partition coefficient (Wildman–Crippen LogP) is 4.49. The van der Waals surface area contributed by atoms with Crippen LogP contribution in [0.5, 0.6) is 0 Å². The highest BCUT2D eigenvalue weighted by atomic mass is 79.9. The second-order valence-corrected chi connectivity index (χ2v) is 6.01. The van der Waals surface area contributed by atoms with E-state index < -0.39 is 0 Å². The first-order chi connectivity index (χ1) is 8.15. The molecule has 0 heterocycles. The van der Waals surface area contributed by atoms with Crippen LogP contribution in [0.25, 0.3) is 0 Å². The summed E-state index contributed by atoms with van der Waals surface area (Å²) in [5.41, 5.74) is 1.21. The molecule has 0 saturated heterocycles. The minimum absolute atomic E-state index is 0.395. The molecule has 1 N–H and O–H groups in total. The van der Waals surface area contributed by atoms with Gasteiger partial charge in [-0.2, -0.15) is 0 Å². The number of nitrogens with one attached hydrogen (secondary N) is 1. The van der Waals surface area contributed by atoms with Crippen molar-refractivity contribution >= 4 is 27.7 Å². The molecule has 0 radical (unpaired) electrons. The van der Waals surface area contributed by atoms with Gasteiger partial charge < -0.3 is 5.32 Å². The third-order valence-corrected chi connectivity index (χ3v) is 4.60. The van der Waals surface area contributed by atoms with E-state index in [1.54, 1.807) is 0 Å². The molecule has 0 saturated carbocycles. The highest BCUT2D eigenvalue weighted by Gasteiger charge is 2.09. The molecule has 0 spiro atoms. The van der Waals surface area contributed by atoms with Gasteiger partial charge in [-0.25, -0.2) is 0 Å². The lowest BCUT2D eigenvalue weighted by atomic mass is 10.2. The summed E-state index contributed by atoms with van der Waals surface area (Å²) in [6, 6.07) is 8.73. The van der Waals surface area contributed by atoms with Crippen LogP contribution in [0.3, 0.4) is 0 Å². The van der Waals surface area contributed by atoms with Crippen molar-refractivity contribution in [3.63, 3.8) is 0 Å². The van der Waals surface area contributed by atoms with Gasteiger partial charge in [0.25, 0.3) is 0 Å². The third-order valence-electron chi connectivity index (χ3n) is 2.48. The first kappa shape index (κ1) is 14.8. The van der Waals surface area contributed by atoms with Crippen LogP contribution < -0.4 is 5.32 Å². The van der Waals surface area contributed by atoms with Crippen LogP contribution in [0.4, 0.5) is 0 Å². The molecule has 0 bridgehead atoms. The topological polar surface area (TPSA) is 12.0 Å². The molecule has 1 rings (SSSR count). The van der Waals surface area contributed by atoms with Crippen LogP contribution >= 0.6 is 27.7 Å². The minimum atomic E-state index is 0.395. The van der Waals surface area contributed by atoms with Gasteiger partial charge in [-0.05, 0) is 48.0 Å². The fourth-order valence-corrected chi connectivity index (χ4v) is 3.19. The zero-order chi connectivity index (χ0) is 12.7. The molecule has 0 aliphatic carbocycles. The Kier molecular flexibility index (Phi) is 6.93. The number of hydrogen-bond acceptors (Lipinski definition) is 2. The van der Waals surface area contributed by atoms with Crippen LogP contribution in [0.1, 0.15) is 20.3 Å². The lowest BCUT2D eigenvalue weighted by molar-refractivity contribution is 0.609. The predicted molar refractivity (Wildman–Crippen MR) is 81.8 cm³/mol. The highest BCUT2D eigenvalue weighted by molar-refractivity contribution is 9.10. The first-order valence-corrected chi connectivity index (χ1v) is 7.69. The van der Waals surface area contributed by atoms with Crippen LogP contribution in [0.15, 0.2) is 45.8 Å². The molecular formula is C14H20BrNS. The Balaban J connectivity index is 2.52. The monoisotopic (exact) mass is 313 g/mol. The number of rotatable bonds is 7. The summed E-state index contributed by atoms with van der Waals surface area (Å²) in [6.07, 6.45) is 1.16. The van der Waals surface area contributed by atoms with Crippen LogP contribution in [0, 0.1) is 0 Å². The Hall–Kier alpha value is -0.250. The smallest absolute Gasteiger partial charge is 0.0369 e. The van der Waals surface area contributed by atoms with Gasteiger partial charge >= 0.3 is 0 Å². The summed E-state index contributed by atoms with van der Waals surface area (Å²) in [5, 5.41) is 3.52. The van der Waals surface area contributed by atoms with Crippen molar-refractivity contribution in [2.45, 2.75) is 31.2 Å². The zero-order valence-corrected chi connectivity index (χ0v) is 12.9. The first-order valence-electron chi connectivity index (χ1n) is 5.91.